The van der Waals surface area contributed by atoms with E-state index in [1.165, 1.54) is 0 Å². The van der Waals surface area contributed by atoms with Crippen molar-refractivity contribution in [2.24, 2.45) is 0 Å². The molecule has 7 nitrogen and oxygen atoms in total. The van der Waals surface area contributed by atoms with Gasteiger partial charge in [0, 0.05) is 44.6 Å². The van der Waals surface area contributed by atoms with Crippen LogP contribution in [-0.4, -0.2) is 38.7 Å². The lowest BCUT2D eigenvalue weighted by atomic mass is 9.88. The first-order valence-electron chi connectivity index (χ1n) is 7.89. The average Bonchev–Trinajstić information content (AvgIpc) is 3.07. The van der Waals surface area contributed by atoms with Crippen molar-refractivity contribution in [1.29, 1.82) is 0 Å². The zero-order chi connectivity index (χ0) is 16.4. The van der Waals surface area contributed by atoms with E-state index in [2.05, 4.69) is 20.4 Å². The van der Waals surface area contributed by atoms with Crippen molar-refractivity contribution in [2.75, 3.05) is 13.2 Å². The number of hydrogen-bond acceptors (Lipinski definition) is 5. The van der Waals surface area contributed by atoms with Crippen LogP contribution in [0.1, 0.15) is 29.2 Å². The van der Waals surface area contributed by atoms with Gasteiger partial charge in [-0.25, -0.2) is 14.5 Å². The summed E-state index contributed by atoms with van der Waals surface area (Å²) in [6.45, 7) is 1.12. The normalized spacial score (nSPS) is 16.8. The van der Waals surface area contributed by atoms with Crippen LogP contribution in [0.2, 0.25) is 0 Å². The van der Waals surface area contributed by atoms with Gasteiger partial charge in [0.1, 0.15) is 11.2 Å². The zero-order valence-electron chi connectivity index (χ0n) is 13.1. The van der Waals surface area contributed by atoms with Gasteiger partial charge in [-0.15, -0.1) is 0 Å². The lowest BCUT2D eigenvalue weighted by Gasteiger charge is -2.36. The van der Waals surface area contributed by atoms with Crippen molar-refractivity contribution < 1.29 is 9.53 Å². The van der Waals surface area contributed by atoms with E-state index < -0.39 is 5.54 Å². The summed E-state index contributed by atoms with van der Waals surface area (Å²) in [5.74, 6) is 0.429. The minimum atomic E-state index is -0.616. The topological polar surface area (TPSA) is 81.4 Å². The van der Waals surface area contributed by atoms with E-state index in [1.54, 1.807) is 35.2 Å². The average molecular weight is 323 g/mol. The van der Waals surface area contributed by atoms with Crippen LogP contribution in [0.4, 0.5) is 0 Å². The summed E-state index contributed by atoms with van der Waals surface area (Å²) < 4.78 is 7.10. The summed E-state index contributed by atoms with van der Waals surface area (Å²) >= 11 is 0. The molecule has 0 bridgehead atoms. The molecule has 0 aromatic carbocycles. The molecule has 0 saturated carbocycles. The zero-order valence-corrected chi connectivity index (χ0v) is 13.1. The van der Waals surface area contributed by atoms with E-state index in [9.17, 15) is 4.79 Å². The molecule has 4 heterocycles. The molecular formula is C17H17N5O2. The Bertz CT molecular complexity index is 856. The Kier molecular flexibility index (Phi) is 3.70. The molecular weight excluding hydrogens is 306 g/mol. The van der Waals surface area contributed by atoms with E-state index in [1.807, 2.05) is 18.2 Å². The molecule has 1 N–H and O–H groups in total. The molecule has 24 heavy (non-hydrogen) atoms. The van der Waals surface area contributed by atoms with Crippen LogP contribution in [0.25, 0.3) is 5.52 Å². The van der Waals surface area contributed by atoms with Gasteiger partial charge in [0.05, 0.1) is 5.52 Å². The van der Waals surface area contributed by atoms with Gasteiger partial charge in [-0.1, -0.05) is 0 Å². The SMILES string of the molecule is O=C(NC1(c2ncccn2)CCOCC1)c1ccc2cccnn12. The molecule has 1 fully saturated rings. The number of carbonyl (C=O) groups is 1. The smallest absolute Gasteiger partial charge is 0.270 e. The van der Waals surface area contributed by atoms with E-state index in [-0.39, 0.29) is 5.91 Å². The molecule has 3 aromatic rings. The number of rotatable bonds is 3. The van der Waals surface area contributed by atoms with E-state index in [0.717, 1.165) is 5.52 Å². The molecule has 1 aliphatic rings. The van der Waals surface area contributed by atoms with Crippen LogP contribution in [-0.2, 0) is 10.3 Å². The molecule has 1 aliphatic heterocycles. The predicted molar refractivity (Wildman–Crippen MR) is 86.4 cm³/mol. The highest BCUT2D eigenvalue weighted by molar-refractivity contribution is 5.94. The molecule has 0 atom stereocenters. The third-order valence-corrected chi connectivity index (χ3v) is 4.35. The van der Waals surface area contributed by atoms with Gasteiger partial charge >= 0.3 is 0 Å². The third-order valence-electron chi connectivity index (χ3n) is 4.35. The maximum atomic E-state index is 12.9. The summed E-state index contributed by atoms with van der Waals surface area (Å²) in [4.78, 5) is 21.6. The Morgan fingerprint density at radius 2 is 1.88 bits per heavy atom. The van der Waals surface area contributed by atoms with Gasteiger partial charge in [-0.3, -0.25) is 4.79 Å². The fraction of sp³-hybridized carbons (Fsp3) is 0.294. The monoisotopic (exact) mass is 323 g/mol. The van der Waals surface area contributed by atoms with Gasteiger partial charge in [0.25, 0.3) is 5.91 Å². The quantitative estimate of drug-likeness (QED) is 0.791. The summed E-state index contributed by atoms with van der Waals surface area (Å²) in [6, 6.07) is 9.17. The second kappa shape index (κ2) is 6.01. The molecule has 1 saturated heterocycles. The molecule has 3 aromatic heterocycles. The largest absolute Gasteiger partial charge is 0.381 e. The molecule has 4 rings (SSSR count). The van der Waals surface area contributed by atoms with Gasteiger partial charge in [-0.05, 0) is 30.3 Å². The number of aromatic nitrogens is 4. The van der Waals surface area contributed by atoms with Crippen molar-refractivity contribution in [3.8, 4) is 0 Å². The lowest BCUT2D eigenvalue weighted by molar-refractivity contribution is 0.0311. The molecule has 7 heteroatoms. The maximum Gasteiger partial charge on any atom is 0.270 e. The Labute approximate surface area is 138 Å². The number of nitrogens with one attached hydrogen (secondary N) is 1. The van der Waals surface area contributed by atoms with Gasteiger partial charge in [0.2, 0.25) is 0 Å². The second-order valence-electron chi connectivity index (χ2n) is 5.80. The first-order chi connectivity index (χ1) is 11.8. The van der Waals surface area contributed by atoms with Crippen LogP contribution >= 0.6 is 0 Å². The van der Waals surface area contributed by atoms with Crippen molar-refractivity contribution in [2.45, 2.75) is 18.4 Å². The first kappa shape index (κ1) is 14.8. The molecule has 0 spiro atoms. The summed E-state index contributed by atoms with van der Waals surface area (Å²) in [7, 11) is 0. The predicted octanol–water partition coefficient (Wildman–Crippen LogP) is 1.56. The maximum absolute atomic E-state index is 12.9. The fourth-order valence-corrected chi connectivity index (χ4v) is 3.07. The molecule has 0 unspecified atom stereocenters. The number of hydrogen-bond donors (Lipinski definition) is 1. The van der Waals surface area contributed by atoms with Gasteiger partial charge in [-0.2, -0.15) is 5.10 Å². The number of ether oxygens (including phenoxy) is 1. The highest BCUT2D eigenvalue weighted by atomic mass is 16.5. The van der Waals surface area contributed by atoms with E-state index in [0.29, 0.717) is 37.6 Å². The highest BCUT2D eigenvalue weighted by Gasteiger charge is 2.39. The van der Waals surface area contributed by atoms with Gasteiger partial charge in [0.15, 0.2) is 5.82 Å². The molecule has 122 valence electrons. The van der Waals surface area contributed by atoms with Crippen LogP contribution in [0.5, 0.6) is 0 Å². The Hall–Kier alpha value is -2.80. The summed E-state index contributed by atoms with van der Waals surface area (Å²) in [5, 5.41) is 7.39. The first-order valence-corrected chi connectivity index (χ1v) is 7.89. The lowest BCUT2D eigenvalue weighted by Crippen LogP contribution is -2.50. The van der Waals surface area contributed by atoms with Crippen LogP contribution in [0, 0.1) is 0 Å². The van der Waals surface area contributed by atoms with E-state index in [4.69, 9.17) is 4.74 Å². The Morgan fingerprint density at radius 3 is 2.67 bits per heavy atom. The van der Waals surface area contributed by atoms with Gasteiger partial charge < -0.3 is 10.1 Å². The highest BCUT2D eigenvalue weighted by Crippen LogP contribution is 2.30. The third kappa shape index (κ3) is 2.52. The Balaban J connectivity index is 1.69. The minimum absolute atomic E-state index is 0.192. The number of fused-ring (bicyclic) bond motifs is 1. The van der Waals surface area contributed by atoms with Crippen molar-refractivity contribution in [1.82, 2.24) is 24.9 Å². The fourth-order valence-electron chi connectivity index (χ4n) is 3.07. The van der Waals surface area contributed by atoms with Crippen LogP contribution in [0.15, 0.2) is 48.9 Å². The van der Waals surface area contributed by atoms with Crippen molar-refractivity contribution in [3.63, 3.8) is 0 Å². The van der Waals surface area contributed by atoms with E-state index >= 15 is 0 Å². The minimum Gasteiger partial charge on any atom is -0.381 e. The number of nitrogens with zero attached hydrogens (tertiary/aromatic N) is 4. The van der Waals surface area contributed by atoms with Crippen molar-refractivity contribution >= 4 is 11.4 Å². The van der Waals surface area contributed by atoms with Crippen LogP contribution < -0.4 is 5.32 Å². The summed E-state index contributed by atoms with van der Waals surface area (Å²) in [6.07, 6.45) is 6.33. The molecule has 1 amide bonds. The van der Waals surface area contributed by atoms with Crippen LogP contribution in [0.3, 0.4) is 0 Å². The number of carbonyl (C=O) groups excluding carboxylic acids is 1. The Morgan fingerprint density at radius 1 is 1.08 bits per heavy atom. The molecule has 0 aliphatic carbocycles. The summed E-state index contributed by atoms with van der Waals surface area (Å²) in [5.41, 5.74) is 0.752. The standard InChI is InChI=1S/C17H17N5O2/c23-15(14-5-4-13-3-1-10-20-22(13)14)21-17(6-11-24-12-7-17)16-18-8-2-9-19-16/h1-5,8-10H,6-7,11-12H2,(H,21,23). The molecule has 0 radical (unpaired) electrons. The second-order valence-corrected chi connectivity index (χ2v) is 5.80. The van der Waals surface area contributed by atoms with Crippen molar-refractivity contribution in [3.05, 3.63) is 60.4 Å². The number of amides is 1.